The Labute approximate surface area is 139 Å². The van der Waals surface area contributed by atoms with E-state index < -0.39 is 0 Å². The SMILES string of the molecule is Cc1cc(Nc2cc(C(=O)Nc3ccc(C)c(C)c3)ncn2)no1. The molecule has 3 rings (SSSR count). The summed E-state index contributed by atoms with van der Waals surface area (Å²) in [7, 11) is 0. The summed E-state index contributed by atoms with van der Waals surface area (Å²) in [6.07, 6.45) is 1.32. The molecule has 3 aromatic rings. The number of rotatable bonds is 4. The molecule has 122 valence electrons. The Kier molecular flexibility index (Phi) is 4.24. The molecule has 0 atom stereocenters. The van der Waals surface area contributed by atoms with Crippen molar-refractivity contribution in [1.82, 2.24) is 15.1 Å². The van der Waals surface area contributed by atoms with E-state index in [0.29, 0.717) is 17.4 Å². The number of nitrogens with one attached hydrogen (secondary N) is 2. The van der Waals surface area contributed by atoms with Gasteiger partial charge in [-0.1, -0.05) is 11.2 Å². The van der Waals surface area contributed by atoms with E-state index in [1.54, 1.807) is 19.1 Å². The topological polar surface area (TPSA) is 92.9 Å². The van der Waals surface area contributed by atoms with Crippen LogP contribution in [0, 0.1) is 20.8 Å². The largest absolute Gasteiger partial charge is 0.360 e. The van der Waals surface area contributed by atoms with Crippen molar-refractivity contribution >= 4 is 23.2 Å². The maximum Gasteiger partial charge on any atom is 0.274 e. The van der Waals surface area contributed by atoms with Gasteiger partial charge in [0.15, 0.2) is 5.82 Å². The summed E-state index contributed by atoms with van der Waals surface area (Å²) >= 11 is 0. The molecule has 24 heavy (non-hydrogen) atoms. The summed E-state index contributed by atoms with van der Waals surface area (Å²) < 4.78 is 4.98. The van der Waals surface area contributed by atoms with E-state index in [0.717, 1.165) is 11.3 Å². The molecule has 0 bridgehead atoms. The maximum absolute atomic E-state index is 12.4. The molecule has 2 aromatic heterocycles. The fourth-order valence-electron chi connectivity index (χ4n) is 2.12. The summed E-state index contributed by atoms with van der Waals surface area (Å²) in [6, 6.07) is 9.03. The summed E-state index contributed by atoms with van der Waals surface area (Å²) in [5, 5.41) is 9.62. The molecule has 0 radical (unpaired) electrons. The molecule has 1 amide bonds. The van der Waals surface area contributed by atoms with E-state index in [-0.39, 0.29) is 11.6 Å². The average molecular weight is 323 g/mol. The van der Waals surface area contributed by atoms with E-state index in [1.165, 1.54) is 11.9 Å². The van der Waals surface area contributed by atoms with Gasteiger partial charge in [-0.15, -0.1) is 0 Å². The highest BCUT2D eigenvalue weighted by Gasteiger charge is 2.10. The van der Waals surface area contributed by atoms with Crippen molar-refractivity contribution in [1.29, 1.82) is 0 Å². The fourth-order valence-corrected chi connectivity index (χ4v) is 2.12. The molecule has 0 aliphatic rings. The van der Waals surface area contributed by atoms with E-state index >= 15 is 0 Å². The van der Waals surface area contributed by atoms with Gasteiger partial charge in [0.05, 0.1) is 0 Å². The van der Waals surface area contributed by atoms with E-state index in [4.69, 9.17) is 4.52 Å². The third-order valence-electron chi connectivity index (χ3n) is 3.55. The maximum atomic E-state index is 12.4. The van der Waals surface area contributed by atoms with Crippen LogP contribution in [0.4, 0.5) is 17.3 Å². The first-order chi connectivity index (χ1) is 11.5. The first kappa shape index (κ1) is 15.7. The normalized spacial score (nSPS) is 10.5. The lowest BCUT2D eigenvalue weighted by Crippen LogP contribution is -2.14. The number of hydrogen-bond acceptors (Lipinski definition) is 6. The highest BCUT2D eigenvalue weighted by atomic mass is 16.5. The van der Waals surface area contributed by atoms with Crippen LogP contribution in [0.25, 0.3) is 0 Å². The molecular weight excluding hydrogens is 306 g/mol. The monoisotopic (exact) mass is 323 g/mol. The predicted octanol–water partition coefficient (Wildman–Crippen LogP) is 3.39. The lowest BCUT2D eigenvalue weighted by molar-refractivity contribution is 0.102. The van der Waals surface area contributed by atoms with Gasteiger partial charge < -0.3 is 15.2 Å². The van der Waals surface area contributed by atoms with Crippen molar-refractivity contribution in [2.75, 3.05) is 10.6 Å². The molecule has 2 heterocycles. The van der Waals surface area contributed by atoms with Gasteiger partial charge in [0.2, 0.25) is 0 Å². The van der Waals surface area contributed by atoms with Crippen LogP contribution in [-0.4, -0.2) is 21.0 Å². The van der Waals surface area contributed by atoms with E-state index in [9.17, 15) is 4.79 Å². The molecule has 0 spiro atoms. The van der Waals surface area contributed by atoms with Gasteiger partial charge in [-0.2, -0.15) is 0 Å². The van der Waals surface area contributed by atoms with Crippen molar-refractivity contribution < 1.29 is 9.32 Å². The number of hydrogen-bond donors (Lipinski definition) is 2. The number of carbonyl (C=O) groups excluding carboxylic acids is 1. The molecule has 0 aliphatic heterocycles. The summed E-state index contributed by atoms with van der Waals surface area (Å²) in [5.74, 6) is 1.36. The Hall–Kier alpha value is -3.22. The van der Waals surface area contributed by atoms with Crippen LogP contribution >= 0.6 is 0 Å². The lowest BCUT2D eigenvalue weighted by atomic mass is 10.1. The number of aryl methyl sites for hydroxylation is 3. The standard InChI is InChI=1S/C17H17N5O2/c1-10-4-5-13(6-11(10)2)20-17(23)14-8-15(19-9-18-14)21-16-7-12(3)24-22-16/h4-9H,1-3H3,(H,20,23)(H,18,19,21,22). The third-order valence-corrected chi connectivity index (χ3v) is 3.55. The van der Waals surface area contributed by atoms with Gasteiger partial charge in [0.1, 0.15) is 23.6 Å². The highest BCUT2D eigenvalue weighted by Crippen LogP contribution is 2.17. The number of benzene rings is 1. The Morgan fingerprint density at radius 2 is 1.83 bits per heavy atom. The molecular formula is C17H17N5O2. The van der Waals surface area contributed by atoms with Crippen LogP contribution in [0.5, 0.6) is 0 Å². The lowest BCUT2D eigenvalue weighted by Gasteiger charge is -2.08. The predicted molar refractivity (Wildman–Crippen MR) is 90.4 cm³/mol. The summed E-state index contributed by atoms with van der Waals surface area (Å²) in [5.41, 5.74) is 3.26. The van der Waals surface area contributed by atoms with Gasteiger partial charge in [-0.05, 0) is 44.0 Å². The van der Waals surface area contributed by atoms with E-state index in [2.05, 4.69) is 25.8 Å². The molecule has 0 saturated carbocycles. The first-order valence-electron chi connectivity index (χ1n) is 7.42. The van der Waals surface area contributed by atoms with Crippen molar-refractivity contribution in [2.45, 2.75) is 20.8 Å². The molecule has 0 saturated heterocycles. The Morgan fingerprint density at radius 1 is 1.00 bits per heavy atom. The van der Waals surface area contributed by atoms with Gasteiger partial charge in [0, 0.05) is 17.8 Å². The zero-order valence-corrected chi connectivity index (χ0v) is 13.6. The minimum absolute atomic E-state index is 0.256. The van der Waals surface area contributed by atoms with Crippen LogP contribution in [0.15, 0.2) is 41.2 Å². The molecule has 7 nitrogen and oxygen atoms in total. The third kappa shape index (κ3) is 3.57. The minimum atomic E-state index is -0.306. The highest BCUT2D eigenvalue weighted by molar-refractivity contribution is 6.03. The van der Waals surface area contributed by atoms with Crippen molar-refractivity contribution in [3.05, 3.63) is 59.2 Å². The Morgan fingerprint density at radius 3 is 2.54 bits per heavy atom. The first-order valence-corrected chi connectivity index (χ1v) is 7.42. The van der Waals surface area contributed by atoms with Gasteiger partial charge in [0.25, 0.3) is 5.91 Å². The van der Waals surface area contributed by atoms with Crippen molar-refractivity contribution in [2.24, 2.45) is 0 Å². The van der Waals surface area contributed by atoms with Crippen molar-refractivity contribution in [3.63, 3.8) is 0 Å². The summed E-state index contributed by atoms with van der Waals surface area (Å²) in [6.45, 7) is 5.81. The average Bonchev–Trinajstić information content (AvgIpc) is 2.96. The second kappa shape index (κ2) is 6.49. The van der Waals surface area contributed by atoms with Crippen LogP contribution < -0.4 is 10.6 Å². The number of anilines is 3. The Bertz CT molecular complexity index is 888. The zero-order chi connectivity index (χ0) is 17.1. The molecule has 1 aromatic carbocycles. The quantitative estimate of drug-likeness (QED) is 0.764. The van der Waals surface area contributed by atoms with Crippen LogP contribution in [0.2, 0.25) is 0 Å². The number of aromatic nitrogens is 3. The fraction of sp³-hybridized carbons (Fsp3) is 0.176. The van der Waals surface area contributed by atoms with Crippen LogP contribution in [-0.2, 0) is 0 Å². The summed E-state index contributed by atoms with van der Waals surface area (Å²) in [4.78, 5) is 20.4. The van der Waals surface area contributed by atoms with E-state index in [1.807, 2.05) is 32.0 Å². The van der Waals surface area contributed by atoms with Crippen molar-refractivity contribution in [3.8, 4) is 0 Å². The Balaban J connectivity index is 1.75. The zero-order valence-electron chi connectivity index (χ0n) is 13.6. The molecule has 0 fully saturated rings. The number of carbonyl (C=O) groups is 1. The van der Waals surface area contributed by atoms with Crippen LogP contribution in [0.3, 0.4) is 0 Å². The van der Waals surface area contributed by atoms with Gasteiger partial charge in [-0.3, -0.25) is 4.79 Å². The van der Waals surface area contributed by atoms with Gasteiger partial charge in [-0.25, -0.2) is 9.97 Å². The number of amides is 1. The minimum Gasteiger partial charge on any atom is -0.360 e. The number of nitrogens with zero attached hydrogens (tertiary/aromatic N) is 3. The molecule has 0 aliphatic carbocycles. The molecule has 7 heteroatoms. The molecule has 2 N–H and O–H groups in total. The smallest absolute Gasteiger partial charge is 0.274 e. The van der Waals surface area contributed by atoms with Crippen LogP contribution in [0.1, 0.15) is 27.4 Å². The second-order valence-corrected chi connectivity index (χ2v) is 5.49. The second-order valence-electron chi connectivity index (χ2n) is 5.49. The molecule has 0 unspecified atom stereocenters. The van der Waals surface area contributed by atoms with Gasteiger partial charge >= 0.3 is 0 Å².